The number of fused-ring (bicyclic) bond motifs is 1. The highest BCUT2D eigenvalue weighted by atomic mass is 19.1. The third-order valence-corrected chi connectivity index (χ3v) is 6.88. The lowest BCUT2D eigenvalue weighted by Crippen LogP contribution is -2.42. The van der Waals surface area contributed by atoms with E-state index in [0.29, 0.717) is 50.2 Å². The molecule has 1 aromatic heterocycles. The summed E-state index contributed by atoms with van der Waals surface area (Å²) < 4.78 is 38.4. The summed E-state index contributed by atoms with van der Waals surface area (Å²) in [5.41, 5.74) is 0.765. The number of hydrogen-bond donors (Lipinski definition) is 2. The second-order valence-electron chi connectivity index (χ2n) is 9.25. The summed E-state index contributed by atoms with van der Waals surface area (Å²) in [6, 6.07) is 10.8. The Labute approximate surface area is 196 Å². The van der Waals surface area contributed by atoms with Crippen molar-refractivity contribution in [2.45, 2.75) is 43.9 Å². The summed E-state index contributed by atoms with van der Waals surface area (Å²) in [4.78, 5) is 14.5. The van der Waals surface area contributed by atoms with Crippen molar-refractivity contribution in [3.8, 4) is 0 Å². The predicted molar refractivity (Wildman–Crippen MR) is 122 cm³/mol. The second kappa shape index (κ2) is 9.44. The summed E-state index contributed by atoms with van der Waals surface area (Å²) in [7, 11) is 0. The van der Waals surface area contributed by atoms with E-state index in [-0.39, 0.29) is 17.8 Å². The Morgan fingerprint density at radius 1 is 1.15 bits per heavy atom. The monoisotopic (exact) mass is 470 g/mol. The molecule has 1 atom stereocenters. The molecule has 0 aliphatic carbocycles. The zero-order chi connectivity index (χ0) is 23.7. The molecule has 2 aromatic carbocycles. The summed E-state index contributed by atoms with van der Waals surface area (Å²) in [6.45, 7) is 2.71. The van der Waals surface area contributed by atoms with Crippen LogP contribution in [-0.2, 0) is 16.9 Å². The fraction of sp³-hybridized carbons (Fsp3) is 0.423. The number of halogens is 2. The molecule has 0 spiro atoms. The van der Waals surface area contributed by atoms with Crippen molar-refractivity contribution >= 4 is 16.9 Å². The third-order valence-electron chi connectivity index (χ3n) is 6.88. The molecule has 3 heterocycles. The number of piperidine rings is 1. The van der Waals surface area contributed by atoms with Crippen molar-refractivity contribution < 1.29 is 27.8 Å². The second-order valence-corrected chi connectivity index (χ2v) is 9.25. The molecule has 6 nitrogen and oxygen atoms in total. The van der Waals surface area contributed by atoms with Crippen molar-refractivity contribution in [1.29, 1.82) is 0 Å². The van der Waals surface area contributed by atoms with Gasteiger partial charge in [0.05, 0.1) is 11.7 Å². The number of nitrogens with zero attached hydrogens (tertiary/aromatic N) is 1. The number of benzene rings is 2. The van der Waals surface area contributed by atoms with Crippen LogP contribution in [0.25, 0.3) is 11.0 Å². The van der Waals surface area contributed by atoms with Crippen LogP contribution < -0.4 is 5.32 Å². The Kier molecular flexibility index (Phi) is 6.38. The van der Waals surface area contributed by atoms with Gasteiger partial charge in [0.25, 0.3) is 5.91 Å². The van der Waals surface area contributed by atoms with Crippen molar-refractivity contribution in [3.63, 3.8) is 0 Å². The van der Waals surface area contributed by atoms with Crippen LogP contribution in [0.4, 0.5) is 8.78 Å². The molecule has 0 saturated carbocycles. The number of likely N-dealkylation sites (tertiary alicyclic amines) is 1. The van der Waals surface area contributed by atoms with Gasteiger partial charge in [-0.3, -0.25) is 9.69 Å². The van der Waals surface area contributed by atoms with Crippen LogP contribution in [0.1, 0.15) is 47.4 Å². The molecule has 0 radical (unpaired) electrons. The number of furan rings is 1. The van der Waals surface area contributed by atoms with E-state index in [0.717, 1.165) is 36.5 Å². The lowest BCUT2D eigenvalue weighted by molar-refractivity contribution is -0.0278. The number of hydrogen-bond acceptors (Lipinski definition) is 5. The predicted octanol–water partition coefficient (Wildman–Crippen LogP) is 4.10. The fourth-order valence-corrected chi connectivity index (χ4v) is 4.80. The first kappa shape index (κ1) is 23.0. The van der Waals surface area contributed by atoms with Gasteiger partial charge in [-0.1, -0.05) is 12.1 Å². The minimum Gasteiger partial charge on any atom is -0.451 e. The minimum absolute atomic E-state index is 0.0552. The van der Waals surface area contributed by atoms with E-state index in [2.05, 4.69) is 10.2 Å². The third kappa shape index (κ3) is 4.85. The summed E-state index contributed by atoms with van der Waals surface area (Å²) in [6.07, 6.45) is 2.97. The maximum absolute atomic E-state index is 14.0. The van der Waals surface area contributed by atoms with Gasteiger partial charge in [0.2, 0.25) is 0 Å². The number of amides is 1. The first-order chi connectivity index (χ1) is 16.4. The van der Waals surface area contributed by atoms with Crippen molar-refractivity contribution in [2.24, 2.45) is 0 Å². The average Bonchev–Trinajstić information content (AvgIpc) is 3.50. The first-order valence-corrected chi connectivity index (χ1v) is 11.7. The highest BCUT2D eigenvalue weighted by molar-refractivity contribution is 5.96. The molecule has 5 rings (SSSR count). The number of carbonyl (C=O) groups is 1. The maximum Gasteiger partial charge on any atom is 0.287 e. The van der Waals surface area contributed by atoms with E-state index >= 15 is 0 Å². The van der Waals surface area contributed by atoms with Crippen LogP contribution in [0, 0.1) is 11.6 Å². The topological polar surface area (TPSA) is 74.9 Å². The number of carbonyl (C=O) groups excluding carboxylic acids is 1. The van der Waals surface area contributed by atoms with Crippen molar-refractivity contribution in [2.75, 3.05) is 26.2 Å². The van der Waals surface area contributed by atoms with Crippen LogP contribution in [-0.4, -0.2) is 48.3 Å². The zero-order valence-electron chi connectivity index (χ0n) is 18.9. The van der Waals surface area contributed by atoms with Gasteiger partial charge in [0.15, 0.2) is 5.76 Å². The smallest absolute Gasteiger partial charge is 0.287 e. The first-order valence-electron chi connectivity index (χ1n) is 11.7. The lowest BCUT2D eigenvalue weighted by atomic mass is 9.84. The van der Waals surface area contributed by atoms with Crippen LogP contribution in [0.2, 0.25) is 0 Å². The molecule has 2 aliphatic rings. The highest BCUT2D eigenvalue weighted by Gasteiger charge is 2.34. The van der Waals surface area contributed by atoms with Gasteiger partial charge >= 0.3 is 0 Å². The maximum atomic E-state index is 14.0. The van der Waals surface area contributed by atoms with E-state index in [1.807, 2.05) is 12.1 Å². The molecular weight excluding hydrogens is 442 g/mol. The fourth-order valence-electron chi connectivity index (χ4n) is 4.80. The minimum atomic E-state index is -1.02. The van der Waals surface area contributed by atoms with Gasteiger partial charge in [0, 0.05) is 49.8 Å². The molecule has 2 aliphatic heterocycles. The molecule has 1 amide bonds. The Balaban J connectivity index is 1.23. The van der Waals surface area contributed by atoms with E-state index in [1.165, 1.54) is 12.1 Å². The van der Waals surface area contributed by atoms with Crippen LogP contribution in [0.5, 0.6) is 0 Å². The zero-order valence-corrected chi connectivity index (χ0v) is 18.9. The highest BCUT2D eigenvalue weighted by Crippen LogP contribution is 2.35. The largest absolute Gasteiger partial charge is 0.451 e. The normalized spacial score (nSPS) is 20.6. The average molecular weight is 471 g/mol. The quantitative estimate of drug-likeness (QED) is 0.567. The van der Waals surface area contributed by atoms with E-state index in [9.17, 15) is 18.7 Å². The van der Waals surface area contributed by atoms with Crippen LogP contribution in [0.15, 0.2) is 46.9 Å². The standard InChI is InChI=1S/C26H28F2N2O4/c27-20-5-3-17(22(28)14-20)16-30-9-7-26(32,8-10-30)19-4-6-23-18(12-19)13-24(34-23)25(31)29-15-21-2-1-11-33-21/h3-6,12-14,21,32H,1-2,7-11,15-16H2,(H,29,31)/t21-/m0/s1. The van der Waals surface area contributed by atoms with Gasteiger partial charge in [-0.25, -0.2) is 8.78 Å². The van der Waals surface area contributed by atoms with Gasteiger partial charge in [-0.2, -0.15) is 0 Å². The summed E-state index contributed by atoms with van der Waals surface area (Å²) in [5.74, 6) is -1.20. The van der Waals surface area contributed by atoms with Crippen molar-refractivity contribution in [3.05, 3.63) is 71.0 Å². The Morgan fingerprint density at radius 3 is 2.71 bits per heavy atom. The number of aliphatic hydroxyl groups is 1. The van der Waals surface area contributed by atoms with Gasteiger partial charge in [0.1, 0.15) is 17.2 Å². The molecule has 2 N–H and O–H groups in total. The Bertz CT molecular complexity index is 1180. The molecule has 2 saturated heterocycles. The summed E-state index contributed by atoms with van der Waals surface area (Å²) in [5, 5.41) is 14.9. The molecule has 34 heavy (non-hydrogen) atoms. The molecule has 0 bridgehead atoms. The number of ether oxygens (including phenoxy) is 1. The summed E-state index contributed by atoms with van der Waals surface area (Å²) >= 11 is 0. The van der Waals surface area contributed by atoms with Gasteiger partial charge in [-0.05, 0) is 55.5 Å². The lowest BCUT2D eigenvalue weighted by Gasteiger charge is -2.38. The van der Waals surface area contributed by atoms with E-state index < -0.39 is 17.2 Å². The van der Waals surface area contributed by atoms with E-state index in [1.54, 1.807) is 12.1 Å². The van der Waals surface area contributed by atoms with Crippen LogP contribution in [0.3, 0.4) is 0 Å². The molecular formula is C26H28F2N2O4. The Hall–Kier alpha value is -2.81. The SMILES string of the molecule is O=C(NC[C@@H]1CCCO1)c1cc2cc(C3(O)CCN(Cc4ccc(F)cc4F)CC3)ccc2o1. The molecule has 8 heteroatoms. The van der Waals surface area contributed by atoms with E-state index in [4.69, 9.17) is 9.15 Å². The molecule has 3 aromatic rings. The van der Waals surface area contributed by atoms with Crippen molar-refractivity contribution in [1.82, 2.24) is 10.2 Å². The Morgan fingerprint density at radius 2 is 1.97 bits per heavy atom. The molecule has 180 valence electrons. The molecule has 0 unspecified atom stereocenters. The molecule has 2 fully saturated rings. The number of rotatable bonds is 6. The van der Waals surface area contributed by atoms with Gasteiger partial charge in [-0.15, -0.1) is 0 Å². The van der Waals surface area contributed by atoms with Crippen LogP contribution >= 0.6 is 0 Å². The van der Waals surface area contributed by atoms with Gasteiger partial charge < -0.3 is 19.6 Å². The number of nitrogens with one attached hydrogen (secondary N) is 1.